The Morgan fingerprint density at radius 1 is 1.04 bits per heavy atom. The Balaban J connectivity index is 1.58. The van der Waals surface area contributed by atoms with E-state index in [0.717, 1.165) is 41.8 Å². The molecule has 0 spiro atoms. The molecule has 4 rings (SSSR count). The van der Waals surface area contributed by atoms with E-state index in [0.29, 0.717) is 16.4 Å². The Morgan fingerprint density at radius 2 is 1.81 bits per heavy atom. The molecule has 26 heavy (non-hydrogen) atoms. The van der Waals surface area contributed by atoms with Gasteiger partial charge in [0.2, 0.25) is 0 Å². The Kier molecular flexibility index (Phi) is 4.67. The first-order chi connectivity index (χ1) is 12.7. The van der Waals surface area contributed by atoms with E-state index in [1.807, 2.05) is 41.3 Å². The van der Waals surface area contributed by atoms with E-state index in [-0.39, 0.29) is 5.91 Å². The number of carbonyl (C=O) groups is 1. The Bertz CT molecular complexity index is 918. The van der Waals surface area contributed by atoms with Crippen LogP contribution in [-0.4, -0.2) is 28.9 Å². The van der Waals surface area contributed by atoms with Crippen molar-refractivity contribution < 1.29 is 9.52 Å². The quantitative estimate of drug-likeness (QED) is 0.525. The number of carbonyl (C=O) groups excluding carboxylic acids is 1. The lowest BCUT2D eigenvalue weighted by molar-refractivity contribution is -0.593. The second-order valence-electron chi connectivity index (χ2n) is 6.39. The minimum absolute atomic E-state index is 0.0365. The first kappa shape index (κ1) is 16.7. The van der Waals surface area contributed by atoms with Crippen molar-refractivity contribution in [3.8, 4) is 21.8 Å². The van der Waals surface area contributed by atoms with Gasteiger partial charge in [0.1, 0.15) is 5.69 Å². The van der Waals surface area contributed by atoms with Crippen molar-refractivity contribution in [3.05, 3.63) is 64.9 Å². The first-order valence-corrected chi connectivity index (χ1v) is 9.64. The van der Waals surface area contributed by atoms with E-state index in [9.17, 15) is 10.0 Å². The molecule has 0 saturated carbocycles. The molecule has 0 bridgehead atoms. The van der Waals surface area contributed by atoms with Gasteiger partial charge in [-0.1, -0.05) is 30.3 Å². The molecule has 0 atom stereocenters. The minimum Gasteiger partial charge on any atom is -0.618 e. The van der Waals surface area contributed by atoms with Crippen LogP contribution in [0.2, 0.25) is 0 Å². The average molecular weight is 365 g/mol. The fourth-order valence-corrected chi connectivity index (χ4v) is 4.00. The van der Waals surface area contributed by atoms with Gasteiger partial charge in [0.15, 0.2) is 11.2 Å². The van der Waals surface area contributed by atoms with Gasteiger partial charge in [-0.25, -0.2) is 4.98 Å². The summed E-state index contributed by atoms with van der Waals surface area (Å²) >= 11 is 1.33. The van der Waals surface area contributed by atoms with Crippen LogP contribution in [0.5, 0.6) is 0 Å². The van der Waals surface area contributed by atoms with Gasteiger partial charge in [-0.15, -0.1) is 11.3 Å². The van der Waals surface area contributed by atoms with Crippen LogP contribution in [0.15, 0.2) is 54.0 Å². The highest BCUT2D eigenvalue weighted by molar-refractivity contribution is 7.13. The summed E-state index contributed by atoms with van der Waals surface area (Å²) in [6.45, 7) is 1.58. The maximum atomic E-state index is 12.6. The van der Waals surface area contributed by atoms with E-state index in [4.69, 9.17) is 0 Å². The van der Waals surface area contributed by atoms with E-state index in [1.165, 1.54) is 17.8 Å². The van der Waals surface area contributed by atoms with Crippen molar-refractivity contribution in [2.45, 2.75) is 19.3 Å². The molecule has 2 aromatic heterocycles. The lowest BCUT2D eigenvalue weighted by Crippen LogP contribution is -2.35. The molecule has 3 heterocycles. The molecule has 6 heteroatoms. The number of amides is 1. The van der Waals surface area contributed by atoms with Crippen LogP contribution in [0.4, 0.5) is 0 Å². The number of benzene rings is 1. The summed E-state index contributed by atoms with van der Waals surface area (Å²) in [5, 5.41) is 14.8. The number of hydrogen-bond donors (Lipinski definition) is 0. The number of likely N-dealkylation sites (tertiary alicyclic amines) is 1. The third-order valence-corrected chi connectivity index (χ3v) is 5.47. The van der Waals surface area contributed by atoms with Crippen LogP contribution in [0.25, 0.3) is 21.8 Å². The van der Waals surface area contributed by atoms with Crippen LogP contribution in [0.3, 0.4) is 0 Å². The second-order valence-corrected chi connectivity index (χ2v) is 7.24. The summed E-state index contributed by atoms with van der Waals surface area (Å²) in [6, 6.07) is 13.4. The second kappa shape index (κ2) is 7.25. The lowest BCUT2D eigenvalue weighted by Gasteiger charge is -2.25. The van der Waals surface area contributed by atoms with Crippen LogP contribution >= 0.6 is 11.3 Å². The molecule has 0 radical (unpaired) electrons. The van der Waals surface area contributed by atoms with E-state index < -0.39 is 0 Å². The van der Waals surface area contributed by atoms with E-state index in [2.05, 4.69) is 4.98 Å². The topological polar surface area (TPSA) is 60.1 Å². The third-order valence-electron chi connectivity index (χ3n) is 4.61. The van der Waals surface area contributed by atoms with Gasteiger partial charge in [0.05, 0.1) is 0 Å². The number of nitrogens with zero attached hydrogens (tertiary/aromatic N) is 3. The van der Waals surface area contributed by atoms with Crippen molar-refractivity contribution in [2.24, 2.45) is 0 Å². The minimum atomic E-state index is -0.0365. The molecule has 132 valence electrons. The van der Waals surface area contributed by atoms with Crippen LogP contribution in [0, 0.1) is 5.21 Å². The SMILES string of the molecule is O=C(c1csc(-c2ccc(-c3ccccc3)c[n+]2[O-])n1)N1CCCCC1. The molecule has 1 fully saturated rings. The van der Waals surface area contributed by atoms with Gasteiger partial charge in [-0.2, -0.15) is 4.73 Å². The number of pyridine rings is 1. The molecule has 1 aromatic carbocycles. The zero-order chi connectivity index (χ0) is 17.9. The van der Waals surface area contributed by atoms with Crippen LogP contribution in [-0.2, 0) is 0 Å². The highest BCUT2D eigenvalue weighted by Gasteiger charge is 2.22. The van der Waals surface area contributed by atoms with Crippen molar-refractivity contribution in [1.29, 1.82) is 0 Å². The van der Waals surface area contributed by atoms with Gasteiger partial charge in [-0.3, -0.25) is 4.79 Å². The maximum Gasteiger partial charge on any atom is 0.273 e. The van der Waals surface area contributed by atoms with Crippen molar-refractivity contribution >= 4 is 17.2 Å². The molecule has 1 aliphatic heterocycles. The van der Waals surface area contributed by atoms with E-state index in [1.54, 1.807) is 17.6 Å². The summed E-state index contributed by atoms with van der Waals surface area (Å²) in [7, 11) is 0. The van der Waals surface area contributed by atoms with Crippen LogP contribution in [0.1, 0.15) is 29.8 Å². The molecule has 0 aliphatic carbocycles. The fraction of sp³-hybridized carbons (Fsp3) is 0.250. The fourth-order valence-electron chi connectivity index (χ4n) is 3.20. The van der Waals surface area contributed by atoms with Gasteiger partial charge in [0, 0.05) is 30.1 Å². The largest absolute Gasteiger partial charge is 0.618 e. The Labute approximate surface area is 156 Å². The number of aromatic nitrogens is 2. The summed E-state index contributed by atoms with van der Waals surface area (Å²) in [6.07, 6.45) is 4.82. The summed E-state index contributed by atoms with van der Waals surface area (Å²) in [5.41, 5.74) is 2.74. The van der Waals surface area contributed by atoms with Crippen molar-refractivity contribution in [1.82, 2.24) is 9.88 Å². The molecule has 5 nitrogen and oxygen atoms in total. The van der Waals surface area contributed by atoms with Crippen molar-refractivity contribution in [3.63, 3.8) is 0 Å². The molecule has 1 aliphatic rings. The highest BCUT2D eigenvalue weighted by Crippen LogP contribution is 2.25. The average Bonchev–Trinajstić information content (AvgIpc) is 3.18. The van der Waals surface area contributed by atoms with Gasteiger partial charge in [-0.05, 0) is 30.9 Å². The van der Waals surface area contributed by atoms with E-state index >= 15 is 0 Å². The molecule has 1 amide bonds. The monoisotopic (exact) mass is 365 g/mol. The van der Waals surface area contributed by atoms with Gasteiger partial charge in [0.25, 0.3) is 11.6 Å². The zero-order valence-corrected chi connectivity index (χ0v) is 15.1. The maximum absolute atomic E-state index is 12.6. The molecular formula is C20H19N3O2S. The normalized spacial score (nSPS) is 14.4. The smallest absolute Gasteiger partial charge is 0.273 e. The predicted octanol–water partition coefficient (Wildman–Crippen LogP) is 3.74. The molecule has 3 aromatic rings. The van der Waals surface area contributed by atoms with Gasteiger partial charge >= 0.3 is 0 Å². The third kappa shape index (κ3) is 3.32. The first-order valence-electron chi connectivity index (χ1n) is 8.76. The highest BCUT2D eigenvalue weighted by atomic mass is 32.1. The number of hydrogen-bond acceptors (Lipinski definition) is 4. The molecular weight excluding hydrogens is 346 g/mol. The van der Waals surface area contributed by atoms with Crippen LogP contribution < -0.4 is 4.73 Å². The lowest BCUT2D eigenvalue weighted by atomic mass is 10.1. The van der Waals surface area contributed by atoms with Gasteiger partial charge < -0.3 is 10.1 Å². The predicted molar refractivity (Wildman–Crippen MR) is 102 cm³/mol. The van der Waals surface area contributed by atoms with Crippen molar-refractivity contribution in [2.75, 3.05) is 13.1 Å². The summed E-state index contributed by atoms with van der Waals surface area (Å²) < 4.78 is 0.830. The molecule has 0 unspecified atom stereocenters. The Hall–Kier alpha value is -2.73. The summed E-state index contributed by atoms with van der Waals surface area (Å²) in [5.74, 6) is -0.0365. The summed E-state index contributed by atoms with van der Waals surface area (Å²) in [4.78, 5) is 18.8. The standard InChI is InChI=1S/C20H19N3O2S/c24-20(22-11-5-2-6-12-22)17-14-26-19(21-17)18-10-9-16(13-23(18)25)15-7-3-1-4-8-15/h1,3-4,7-10,13-14H,2,5-6,11-12H2. The molecule has 1 saturated heterocycles. The number of thiazole rings is 1. The molecule has 0 N–H and O–H groups in total. The zero-order valence-electron chi connectivity index (χ0n) is 14.3. The Morgan fingerprint density at radius 3 is 2.54 bits per heavy atom. The number of rotatable bonds is 3. The number of piperidine rings is 1.